The summed E-state index contributed by atoms with van der Waals surface area (Å²) in [5.41, 5.74) is 3.77. The zero-order valence-corrected chi connectivity index (χ0v) is 14.1. The standard InChI is InChI=1S/C16H16N4S2/c1-12-3-5-14(6-4-12)10-22-16-19-17-11-20(16)18-9-15-13(2)7-8-21-15/h3-9,11H,10H2,1-2H3/b18-9-. The van der Waals surface area contributed by atoms with Gasteiger partial charge < -0.3 is 0 Å². The molecule has 0 N–H and O–H groups in total. The van der Waals surface area contributed by atoms with Gasteiger partial charge in [-0.3, -0.25) is 0 Å². The van der Waals surface area contributed by atoms with Crippen LogP contribution in [0.3, 0.4) is 0 Å². The van der Waals surface area contributed by atoms with E-state index in [1.165, 1.54) is 16.7 Å². The van der Waals surface area contributed by atoms with Crippen LogP contribution in [0.25, 0.3) is 0 Å². The van der Waals surface area contributed by atoms with Crippen LogP contribution in [-0.4, -0.2) is 21.1 Å². The average molecular weight is 328 g/mol. The van der Waals surface area contributed by atoms with Gasteiger partial charge >= 0.3 is 0 Å². The number of thioether (sulfide) groups is 1. The van der Waals surface area contributed by atoms with Gasteiger partial charge in [0.15, 0.2) is 0 Å². The van der Waals surface area contributed by atoms with Crippen LogP contribution in [0.5, 0.6) is 0 Å². The van der Waals surface area contributed by atoms with Crippen LogP contribution < -0.4 is 0 Å². The maximum Gasteiger partial charge on any atom is 0.212 e. The lowest BCUT2D eigenvalue weighted by Crippen LogP contribution is -1.92. The average Bonchev–Trinajstić information content (AvgIpc) is 3.13. The van der Waals surface area contributed by atoms with Crippen LogP contribution >= 0.6 is 23.1 Å². The van der Waals surface area contributed by atoms with Gasteiger partial charge in [0.1, 0.15) is 6.33 Å². The Morgan fingerprint density at radius 2 is 2.05 bits per heavy atom. The lowest BCUT2D eigenvalue weighted by atomic mass is 10.2. The van der Waals surface area contributed by atoms with Crippen molar-refractivity contribution in [3.8, 4) is 0 Å². The molecular formula is C16H16N4S2. The number of aryl methyl sites for hydroxylation is 2. The fraction of sp³-hybridized carbons (Fsp3) is 0.188. The minimum Gasteiger partial charge on any atom is -0.195 e. The van der Waals surface area contributed by atoms with Crippen molar-refractivity contribution in [2.45, 2.75) is 24.8 Å². The van der Waals surface area contributed by atoms with Crippen LogP contribution in [0.1, 0.15) is 21.6 Å². The summed E-state index contributed by atoms with van der Waals surface area (Å²) in [6.45, 7) is 4.17. The molecule has 0 bridgehead atoms. The van der Waals surface area contributed by atoms with Gasteiger partial charge in [-0.15, -0.1) is 21.5 Å². The van der Waals surface area contributed by atoms with Gasteiger partial charge in [-0.2, -0.15) is 9.78 Å². The van der Waals surface area contributed by atoms with Crippen molar-refractivity contribution in [2.75, 3.05) is 0 Å². The quantitative estimate of drug-likeness (QED) is 0.522. The second-order valence-corrected chi connectivity index (χ2v) is 6.83. The number of hydrogen-bond donors (Lipinski definition) is 0. The van der Waals surface area contributed by atoms with Gasteiger partial charge in [-0.1, -0.05) is 41.6 Å². The summed E-state index contributed by atoms with van der Waals surface area (Å²) in [5, 5.41) is 15.4. The number of nitrogens with zero attached hydrogens (tertiary/aromatic N) is 4. The Kier molecular flexibility index (Phi) is 4.70. The summed E-state index contributed by atoms with van der Waals surface area (Å²) in [6, 6.07) is 10.6. The first-order chi connectivity index (χ1) is 10.7. The van der Waals surface area contributed by atoms with Crippen molar-refractivity contribution in [1.29, 1.82) is 0 Å². The van der Waals surface area contributed by atoms with Crippen molar-refractivity contribution in [3.63, 3.8) is 0 Å². The molecule has 0 aliphatic heterocycles. The molecule has 0 aliphatic rings. The maximum absolute atomic E-state index is 4.45. The Balaban J connectivity index is 1.68. The number of thiophene rings is 1. The fourth-order valence-electron chi connectivity index (χ4n) is 1.86. The van der Waals surface area contributed by atoms with Gasteiger partial charge in [0.05, 0.1) is 11.1 Å². The summed E-state index contributed by atoms with van der Waals surface area (Å²) in [6.07, 6.45) is 3.50. The molecule has 1 aromatic carbocycles. The number of benzene rings is 1. The molecule has 0 saturated carbocycles. The van der Waals surface area contributed by atoms with Crippen molar-refractivity contribution in [1.82, 2.24) is 14.9 Å². The molecule has 3 aromatic rings. The molecule has 0 saturated heterocycles. The third kappa shape index (κ3) is 3.64. The van der Waals surface area contributed by atoms with Gasteiger partial charge in [-0.25, -0.2) is 0 Å². The predicted molar refractivity (Wildman–Crippen MR) is 92.8 cm³/mol. The highest BCUT2D eigenvalue weighted by Crippen LogP contribution is 2.21. The molecule has 3 rings (SSSR count). The van der Waals surface area contributed by atoms with Crippen LogP contribution in [-0.2, 0) is 5.75 Å². The van der Waals surface area contributed by atoms with Crippen molar-refractivity contribution in [2.24, 2.45) is 5.10 Å². The maximum atomic E-state index is 4.45. The largest absolute Gasteiger partial charge is 0.212 e. The van der Waals surface area contributed by atoms with E-state index in [4.69, 9.17) is 0 Å². The van der Waals surface area contributed by atoms with Gasteiger partial charge in [0.25, 0.3) is 0 Å². The Hall–Kier alpha value is -1.92. The van der Waals surface area contributed by atoms with Crippen LogP contribution in [0.4, 0.5) is 0 Å². The van der Waals surface area contributed by atoms with E-state index in [1.54, 1.807) is 34.1 Å². The topological polar surface area (TPSA) is 43.1 Å². The fourth-order valence-corrected chi connectivity index (χ4v) is 3.46. The molecule has 2 aromatic heterocycles. The van der Waals surface area contributed by atoms with E-state index in [0.29, 0.717) is 0 Å². The van der Waals surface area contributed by atoms with Crippen LogP contribution in [0.2, 0.25) is 0 Å². The normalized spacial score (nSPS) is 11.4. The van der Waals surface area contributed by atoms with Crippen LogP contribution in [0, 0.1) is 13.8 Å². The SMILES string of the molecule is Cc1ccc(CSc2nncn2/N=C\c2sccc2C)cc1. The third-order valence-electron chi connectivity index (χ3n) is 3.19. The summed E-state index contributed by atoms with van der Waals surface area (Å²) in [7, 11) is 0. The smallest absolute Gasteiger partial charge is 0.195 e. The van der Waals surface area contributed by atoms with E-state index in [2.05, 4.69) is 64.9 Å². The minimum absolute atomic E-state index is 0.797. The Morgan fingerprint density at radius 1 is 1.23 bits per heavy atom. The molecule has 4 nitrogen and oxygen atoms in total. The molecule has 0 aliphatic carbocycles. The van der Waals surface area contributed by atoms with E-state index in [0.717, 1.165) is 15.8 Å². The molecular weight excluding hydrogens is 312 g/mol. The van der Waals surface area contributed by atoms with Crippen molar-refractivity contribution in [3.05, 3.63) is 63.6 Å². The van der Waals surface area contributed by atoms with E-state index in [9.17, 15) is 0 Å². The predicted octanol–water partition coefficient (Wildman–Crippen LogP) is 4.13. The Morgan fingerprint density at radius 3 is 2.77 bits per heavy atom. The first-order valence-electron chi connectivity index (χ1n) is 6.89. The minimum atomic E-state index is 0.797. The summed E-state index contributed by atoms with van der Waals surface area (Å²) in [5.74, 6) is 0.854. The van der Waals surface area contributed by atoms with E-state index in [1.807, 2.05) is 6.21 Å². The molecule has 0 radical (unpaired) electrons. The summed E-state index contributed by atoms with van der Waals surface area (Å²) < 4.78 is 1.72. The summed E-state index contributed by atoms with van der Waals surface area (Å²) in [4.78, 5) is 1.16. The molecule has 0 spiro atoms. The highest BCUT2D eigenvalue weighted by molar-refractivity contribution is 7.98. The second kappa shape index (κ2) is 6.89. The number of aromatic nitrogens is 3. The molecule has 0 atom stereocenters. The van der Waals surface area contributed by atoms with E-state index < -0.39 is 0 Å². The van der Waals surface area contributed by atoms with Crippen molar-refractivity contribution >= 4 is 29.3 Å². The molecule has 0 fully saturated rings. The molecule has 0 amide bonds. The molecule has 0 unspecified atom stereocenters. The summed E-state index contributed by atoms with van der Waals surface area (Å²) >= 11 is 3.31. The van der Waals surface area contributed by atoms with Crippen molar-refractivity contribution < 1.29 is 0 Å². The lowest BCUT2D eigenvalue weighted by Gasteiger charge is -2.02. The second-order valence-electron chi connectivity index (χ2n) is 4.94. The molecule has 6 heteroatoms. The monoisotopic (exact) mass is 328 g/mol. The Labute approximate surface area is 137 Å². The van der Waals surface area contributed by atoms with E-state index >= 15 is 0 Å². The van der Waals surface area contributed by atoms with Gasteiger partial charge in [-0.05, 0) is 36.4 Å². The zero-order valence-electron chi connectivity index (χ0n) is 12.4. The Bertz CT molecular complexity index is 772. The zero-order chi connectivity index (χ0) is 15.4. The van der Waals surface area contributed by atoms with Gasteiger partial charge in [0.2, 0.25) is 5.16 Å². The first kappa shape index (κ1) is 15.0. The first-order valence-corrected chi connectivity index (χ1v) is 8.76. The van der Waals surface area contributed by atoms with Gasteiger partial charge in [0, 0.05) is 5.75 Å². The van der Waals surface area contributed by atoms with E-state index in [-0.39, 0.29) is 0 Å². The highest BCUT2D eigenvalue weighted by atomic mass is 32.2. The molecule has 2 heterocycles. The lowest BCUT2D eigenvalue weighted by molar-refractivity contribution is 0.767. The molecule has 112 valence electrons. The molecule has 22 heavy (non-hydrogen) atoms. The highest BCUT2D eigenvalue weighted by Gasteiger charge is 2.05. The third-order valence-corrected chi connectivity index (χ3v) is 5.15. The van der Waals surface area contributed by atoms with Crippen LogP contribution in [0.15, 0.2) is 52.3 Å². The number of hydrogen-bond acceptors (Lipinski definition) is 5. The number of rotatable bonds is 5.